The van der Waals surface area contributed by atoms with E-state index < -0.39 is 4.92 Å². The Morgan fingerprint density at radius 2 is 2.08 bits per heavy atom. The van der Waals surface area contributed by atoms with Gasteiger partial charge in [0.1, 0.15) is 17.8 Å². The number of hydrogen-bond acceptors (Lipinski definition) is 6. The lowest BCUT2D eigenvalue weighted by molar-refractivity contribution is -0.385. The Balaban J connectivity index is 1.58. The summed E-state index contributed by atoms with van der Waals surface area (Å²) in [6, 6.07) is 11.4. The van der Waals surface area contributed by atoms with Gasteiger partial charge in [0.05, 0.1) is 4.92 Å². The summed E-state index contributed by atoms with van der Waals surface area (Å²) < 4.78 is 0. The number of hydrogen-bond donors (Lipinski definition) is 2. The summed E-state index contributed by atoms with van der Waals surface area (Å²) in [5, 5.41) is 21.0. The maximum Gasteiger partial charge on any atom is 0.290 e. The molecular weight excluding hydrogens is 308 g/mol. The van der Waals surface area contributed by atoms with Gasteiger partial charge in [-0.25, -0.2) is 9.97 Å². The zero-order chi connectivity index (χ0) is 16.9. The lowest BCUT2D eigenvalue weighted by Crippen LogP contribution is -2.08. The molecule has 0 unspecified atom stereocenters. The van der Waals surface area contributed by atoms with Gasteiger partial charge in [0.2, 0.25) is 0 Å². The number of nitrogens with one attached hydrogen (secondary N) is 2. The van der Waals surface area contributed by atoms with Crippen molar-refractivity contribution in [1.29, 1.82) is 0 Å². The number of pyridine rings is 1. The van der Waals surface area contributed by atoms with E-state index in [1.165, 1.54) is 6.20 Å². The first-order valence-electron chi connectivity index (χ1n) is 7.45. The molecule has 0 spiro atoms. The van der Waals surface area contributed by atoms with Crippen LogP contribution in [-0.4, -0.2) is 31.6 Å². The SMILES string of the molecule is Cc1cc(NCCc2nc(-c3ccccc3)n[nH]2)ncc1[N+](=O)[O-]. The smallest absolute Gasteiger partial charge is 0.290 e. The molecule has 24 heavy (non-hydrogen) atoms. The van der Waals surface area contributed by atoms with Gasteiger partial charge in [-0.3, -0.25) is 15.2 Å². The number of nitro groups is 1. The second-order valence-corrected chi connectivity index (χ2v) is 5.26. The lowest BCUT2D eigenvalue weighted by Gasteiger charge is -2.05. The Hall–Kier alpha value is -3.29. The zero-order valence-corrected chi connectivity index (χ0v) is 13.1. The Morgan fingerprint density at radius 1 is 1.29 bits per heavy atom. The number of benzene rings is 1. The summed E-state index contributed by atoms with van der Waals surface area (Å²) in [6.07, 6.45) is 1.90. The average molecular weight is 324 g/mol. The minimum atomic E-state index is -0.439. The predicted molar refractivity (Wildman–Crippen MR) is 89.6 cm³/mol. The number of aryl methyl sites for hydroxylation is 1. The van der Waals surface area contributed by atoms with E-state index >= 15 is 0 Å². The number of anilines is 1. The monoisotopic (exact) mass is 324 g/mol. The fourth-order valence-corrected chi connectivity index (χ4v) is 2.27. The van der Waals surface area contributed by atoms with Gasteiger partial charge in [0.15, 0.2) is 5.82 Å². The average Bonchev–Trinajstić information content (AvgIpc) is 3.04. The minimum Gasteiger partial charge on any atom is -0.370 e. The van der Waals surface area contributed by atoms with Crippen LogP contribution in [0.25, 0.3) is 11.4 Å². The minimum absolute atomic E-state index is 0.0169. The molecule has 2 heterocycles. The van der Waals surface area contributed by atoms with Crippen LogP contribution >= 0.6 is 0 Å². The fourth-order valence-electron chi connectivity index (χ4n) is 2.27. The largest absolute Gasteiger partial charge is 0.370 e. The molecule has 0 aliphatic carbocycles. The molecule has 8 heteroatoms. The van der Waals surface area contributed by atoms with Crippen molar-refractivity contribution in [2.45, 2.75) is 13.3 Å². The molecule has 0 fully saturated rings. The van der Waals surface area contributed by atoms with Crippen LogP contribution in [0.15, 0.2) is 42.6 Å². The molecule has 0 amide bonds. The highest BCUT2D eigenvalue weighted by Crippen LogP contribution is 2.18. The summed E-state index contributed by atoms with van der Waals surface area (Å²) in [5.74, 6) is 2.02. The van der Waals surface area contributed by atoms with Crippen LogP contribution in [0.2, 0.25) is 0 Å². The summed E-state index contributed by atoms with van der Waals surface area (Å²) in [6.45, 7) is 2.28. The van der Waals surface area contributed by atoms with Crippen LogP contribution in [0.1, 0.15) is 11.4 Å². The first-order chi connectivity index (χ1) is 11.6. The molecule has 1 aromatic carbocycles. The van der Waals surface area contributed by atoms with Gasteiger partial charge in [-0.2, -0.15) is 5.10 Å². The first-order valence-corrected chi connectivity index (χ1v) is 7.45. The van der Waals surface area contributed by atoms with Crippen molar-refractivity contribution < 1.29 is 4.92 Å². The van der Waals surface area contributed by atoms with Crippen molar-refractivity contribution in [3.05, 3.63) is 64.1 Å². The van der Waals surface area contributed by atoms with Crippen molar-refractivity contribution >= 4 is 11.5 Å². The molecule has 0 aliphatic heterocycles. The highest BCUT2D eigenvalue weighted by molar-refractivity contribution is 5.53. The molecule has 8 nitrogen and oxygen atoms in total. The summed E-state index contributed by atoms with van der Waals surface area (Å²) >= 11 is 0. The van der Waals surface area contributed by atoms with E-state index in [1.54, 1.807) is 13.0 Å². The van der Waals surface area contributed by atoms with E-state index in [-0.39, 0.29) is 5.69 Å². The number of aromatic amines is 1. The lowest BCUT2D eigenvalue weighted by atomic mass is 10.2. The third-order valence-electron chi connectivity index (χ3n) is 3.51. The summed E-state index contributed by atoms with van der Waals surface area (Å²) in [7, 11) is 0. The topological polar surface area (TPSA) is 110 Å². The highest BCUT2D eigenvalue weighted by atomic mass is 16.6. The van der Waals surface area contributed by atoms with E-state index in [2.05, 4.69) is 25.5 Å². The second kappa shape index (κ2) is 6.86. The summed E-state index contributed by atoms with van der Waals surface area (Å²) in [4.78, 5) is 18.8. The normalized spacial score (nSPS) is 10.5. The first kappa shape index (κ1) is 15.6. The van der Waals surface area contributed by atoms with Crippen molar-refractivity contribution in [2.75, 3.05) is 11.9 Å². The van der Waals surface area contributed by atoms with Gasteiger partial charge in [0.25, 0.3) is 5.69 Å². The molecule has 122 valence electrons. The van der Waals surface area contributed by atoms with Crippen LogP contribution in [0.5, 0.6) is 0 Å². The van der Waals surface area contributed by atoms with Crippen LogP contribution in [0, 0.1) is 17.0 Å². The van der Waals surface area contributed by atoms with E-state index in [1.807, 2.05) is 30.3 Å². The highest BCUT2D eigenvalue weighted by Gasteiger charge is 2.11. The van der Waals surface area contributed by atoms with Gasteiger partial charge in [-0.1, -0.05) is 30.3 Å². The van der Waals surface area contributed by atoms with Crippen molar-refractivity contribution in [3.63, 3.8) is 0 Å². The third kappa shape index (κ3) is 3.54. The molecule has 0 aliphatic rings. The molecule has 2 N–H and O–H groups in total. The van der Waals surface area contributed by atoms with Crippen LogP contribution in [-0.2, 0) is 6.42 Å². The summed E-state index contributed by atoms with van der Waals surface area (Å²) in [5.41, 5.74) is 1.55. The molecule has 3 rings (SSSR count). The standard InChI is InChI=1S/C16H16N6O2/c1-11-9-15(18-10-13(11)22(23)24)17-8-7-14-19-16(21-20-14)12-5-3-2-4-6-12/h2-6,9-10H,7-8H2,1H3,(H,17,18)(H,19,20,21). The number of aromatic nitrogens is 4. The van der Waals surface area contributed by atoms with Crippen LogP contribution < -0.4 is 5.32 Å². The van der Waals surface area contributed by atoms with Crippen molar-refractivity contribution in [1.82, 2.24) is 20.2 Å². The molecule has 3 aromatic rings. The molecule has 0 bridgehead atoms. The van der Waals surface area contributed by atoms with Gasteiger partial charge in [-0.15, -0.1) is 0 Å². The molecule has 0 radical (unpaired) electrons. The molecule has 0 saturated carbocycles. The molecule has 0 saturated heterocycles. The van der Waals surface area contributed by atoms with Crippen LogP contribution in [0.4, 0.5) is 11.5 Å². The van der Waals surface area contributed by atoms with E-state index in [0.29, 0.717) is 30.2 Å². The third-order valence-corrected chi connectivity index (χ3v) is 3.51. The Kier molecular flexibility index (Phi) is 4.46. The van der Waals surface area contributed by atoms with Gasteiger partial charge in [-0.05, 0) is 13.0 Å². The Morgan fingerprint density at radius 3 is 2.79 bits per heavy atom. The van der Waals surface area contributed by atoms with Crippen molar-refractivity contribution in [3.8, 4) is 11.4 Å². The number of rotatable bonds is 6. The predicted octanol–water partition coefficient (Wildman–Crippen LogP) is 2.74. The van der Waals surface area contributed by atoms with Crippen molar-refractivity contribution in [2.24, 2.45) is 0 Å². The van der Waals surface area contributed by atoms with Gasteiger partial charge < -0.3 is 5.32 Å². The maximum absolute atomic E-state index is 10.8. The second-order valence-electron chi connectivity index (χ2n) is 5.26. The number of nitrogens with zero attached hydrogens (tertiary/aromatic N) is 4. The Labute approximate surface area is 138 Å². The molecule has 2 aromatic heterocycles. The molecular formula is C16H16N6O2. The number of H-pyrrole nitrogens is 1. The van der Waals surface area contributed by atoms with Gasteiger partial charge in [0, 0.05) is 24.1 Å². The zero-order valence-electron chi connectivity index (χ0n) is 13.1. The van der Waals surface area contributed by atoms with E-state index in [0.717, 1.165) is 11.4 Å². The van der Waals surface area contributed by atoms with E-state index in [4.69, 9.17) is 0 Å². The quantitative estimate of drug-likeness (QED) is 0.533. The van der Waals surface area contributed by atoms with Gasteiger partial charge >= 0.3 is 0 Å². The molecule has 0 atom stereocenters. The van der Waals surface area contributed by atoms with Crippen LogP contribution in [0.3, 0.4) is 0 Å². The van der Waals surface area contributed by atoms with E-state index in [9.17, 15) is 10.1 Å². The Bertz CT molecular complexity index is 847. The maximum atomic E-state index is 10.8. The fraction of sp³-hybridized carbons (Fsp3) is 0.188.